The summed E-state index contributed by atoms with van der Waals surface area (Å²) in [6.07, 6.45) is 3.87. The predicted octanol–water partition coefficient (Wildman–Crippen LogP) is 4.13. The zero-order chi connectivity index (χ0) is 23.2. The van der Waals surface area contributed by atoms with Crippen LogP contribution in [0.25, 0.3) is 11.3 Å². The van der Waals surface area contributed by atoms with Gasteiger partial charge in [0, 0.05) is 12.1 Å². The average molecular weight is 445 g/mol. The van der Waals surface area contributed by atoms with E-state index in [1.165, 1.54) is 12.1 Å². The highest BCUT2D eigenvalue weighted by atomic mass is 19.1. The molecule has 0 unspecified atom stereocenters. The molecule has 7 nitrogen and oxygen atoms in total. The molecular weight excluding hydrogens is 419 g/mol. The van der Waals surface area contributed by atoms with Gasteiger partial charge in [-0.2, -0.15) is 10.4 Å². The van der Waals surface area contributed by atoms with Crippen molar-refractivity contribution >= 4 is 12.2 Å². The average Bonchev–Trinajstić information content (AvgIpc) is 2.82. The Bertz CT molecular complexity index is 1240. The summed E-state index contributed by atoms with van der Waals surface area (Å²) in [5, 5.41) is 13.6. The first-order chi connectivity index (χ1) is 16.0. The number of aromatic amines is 1. The molecule has 1 aromatic heterocycles. The SMILES string of the molecule is CC1CCN(Cc2cc(F)ccc2C=NNc2nc(-c3ccccc3)c(C#N)c(=O)[nH]2)CC1. The van der Waals surface area contributed by atoms with Crippen LogP contribution in [0.15, 0.2) is 58.4 Å². The number of anilines is 1. The lowest BCUT2D eigenvalue weighted by Crippen LogP contribution is -2.32. The number of H-pyrrole nitrogens is 1. The fraction of sp³-hybridized carbons (Fsp3) is 0.280. The Kier molecular flexibility index (Phi) is 6.91. The van der Waals surface area contributed by atoms with Crippen LogP contribution < -0.4 is 11.0 Å². The van der Waals surface area contributed by atoms with Crippen molar-refractivity contribution < 1.29 is 4.39 Å². The van der Waals surface area contributed by atoms with Crippen LogP contribution in [-0.4, -0.2) is 34.2 Å². The second-order valence-corrected chi connectivity index (χ2v) is 8.29. The Morgan fingerprint density at radius 3 is 2.76 bits per heavy atom. The number of aromatic nitrogens is 2. The van der Waals surface area contributed by atoms with Crippen LogP contribution in [0, 0.1) is 23.1 Å². The molecule has 0 saturated carbocycles. The fourth-order valence-electron chi connectivity index (χ4n) is 3.90. The molecule has 0 amide bonds. The highest BCUT2D eigenvalue weighted by Crippen LogP contribution is 2.21. The van der Waals surface area contributed by atoms with Gasteiger partial charge in [-0.15, -0.1) is 0 Å². The van der Waals surface area contributed by atoms with E-state index in [2.05, 4.69) is 32.3 Å². The number of nitrogens with zero attached hydrogens (tertiary/aromatic N) is 4. The number of halogens is 1. The number of piperidine rings is 1. The molecule has 168 valence electrons. The van der Waals surface area contributed by atoms with E-state index in [-0.39, 0.29) is 23.0 Å². The van der Waals surface area contributed by atoms with Gasteiger partial charge in [0.25, 0.3) is 5.56 Å². The second-order valence-electron chi connectivity index (χ2n) is 8.29. The van der Waals surface area contributed by atoms with Crippen LogP contribution in [0.3, 0.4) is 0 Å². The molecule has 4 rings (SSSR count). The molecule has 3 aromatic rings. The first kappa shape index (κ1) is 22.4. The van der Waals surface area contributed by atoms with Gasteiger partial charge in [-0.25, -0.2) is 14.8 Å². The Morgan fingerprint density at radius 1 is 1.27 bits per heavy atom. The molecule has 1 aliphatic rings. The lowest BCUT2D eigenvalue weighted by Gasteiger charge is -2.30. The van der Waals surface area contributed by atoms with Gasteiger partial charge in [0.1, 0.15) is 17.4 Å². The van der Waals surface area contributed by atoms with Crippen molar-refractivity contribution in [1.82, 2.24) is 14.9 Å². The maximum Gasteiger partial charge on any atom is 0.270 e. The van der Waals surface area contributed by atoms with Crippen molar-refractivity contribution in [3.63, 3.8) is 0 Å². The molecule has 1 fully saturated rings. The van der Waals surface area contributed by atoms with Gasteiger partial charge >= 0.3 is 0 Å². The maximum absolute atomic E-state index is 13.9. The largest absolute Gasteiger partial charge is 0.299 e. The van der Waals surface area contributed by atoms with Crippen LogP contribution in [0.5, 0.6) is 0 Å². The predicted molar refractivity (Wildman–Crippen MR) is 126 cm³/mol. The third-order valence-corrected chi connectivity index (χ3v) is 5.83. The van der Waals surface area contributed by atoms with Crippen molar-refractivity contribution in [3.8, 4) is 17.3 Å². The van der Waals surface area contributed by atoms with Crippen molar-refractivity contribution in [2.75, 3.05) is 18.5 Å². The van der Waals surface area contributed by atoms with Crippen LogP contribution >= 0.6 is 0 Å². The Balaban J connectivity index is 1.55. The first-order valence-electron chi connectivity index (χ1n) is 10.9. The topological polar surface area (TPSA) is 97.2 Å². The molecule has 0 aliphatic carbocycles. The van der Waals surface area contributed by atoms with E-state index in [0.29, 0.717) is 12.1 Å². The van der Waals surface area contributed by atoms with E-state index in [4.69, 9.17) is 0 Å². The van der Waals surface area contributed by atoms with Gasteiger partial charge in [0.05, 0.1) is 11.9 Å². The molecule has 1 aliphatic heterocycles. The summed E-state index contributed by atoms with van der Waals surface area (Å²) in [5.74, 6) is 0.552. The Hall–Kier alpha value is -3.83. The highest BCUT2D eigenvalue weighted by Gasteiger charge is 2.17. The van der Waals surface area contributed by atoms with Crippen LogP contribution in [0.2, 0.25) is 0 Å². The van der Waals surface area contributed by atoms with Crippen LogP contribution in [0.4, 0.5) is 10.3 Å². The second kappa shape index (κ2) is 10.2. The molecule has 2 heterocycles. The molecular formula is C25H25FN6O. The maximum atomic E-state index is 13.9. The molecule has 0 bridgehead atoms. The normalized spacial score (nSPS) is 14.9. The number of hydrazone groups is 1. The quantitative estimate of drug-likeness (QED) is 0.440. The smallest absolute Gasteiger partial charge is 0.270 e. The zero-order valence-electron chi connectivity index (χ0n) is 18.4. The van der Waals surface area contributed by atoms with E-state index in [9.17, 15) is 14.4 Å². The summed E-state index contributed by atoms with van der Waals surface area (Å²) in [4.78, 5) is 21.6. The number of likely N-dealkylation sites (tertiary alicyclic amines) is 1. The minimum Gasteiger partial charge on any atom is -0.299 e. The van der Waals surface area contributed by atoms with Crippen molar-refractivity contribution in [1.29, 1.82) is 5.26 Å². The standard InChI is InChI=1S/C25H25FN6O/c1-17-9-11-32(12-10-17)16-20-13-21(26)8-7-19(20)15-28-31-25-29-23(18-5-3-2-4-6-18)22(14-27)24(33)30-25/h2-8,13,15,17H,9-12,16H2,1H3,(H2,29,30,31,33). The van der Waals surface area contributed by atoms with E-state index in [1.807, 2.05) is 24.3 Å². The van der Waals surface area contributed by atoms with E-state index in [0.717, 1.165) is 43.0 Å². The van der Waals surface area contributed by atoms with Crippen LogP contribution in [0.1, 0.15) is 36.5 Å². The number of hydrogen-bond acceptors (Lipinski definition) is 6. The summed E-state index contributed by atoms with van der Waals surface area (Å²) in [6, 6.07) is 15.6. The third-order valence-electron chi connectivity index (χ3n) is 5.83. The van der Waals surface area contributed by atoms with Crippen molar-refractivity contribution in [2.45, 2.75) is 26.3 Å². The van der Waals surface area contributed by atoms with Gasteiger partial charge in [-0.3, -0.25) is 14.7 Å². The van der Waals surface area contributed by atoms with Gasteiger partial charge in [-0.1, -0.05) is 43.3 Å². The number of rotatable bonds is 6. The molecule has 2 N–H and O–H groups in total. The molecule has 0 atom stereocenters. The lowest BCUT2D eigenvalue weighted by atomic mass is 9.98. The summed E-state index contributed by atoms with van der Waals surface area (Å²) in [7, 11) is 0. The Labute approximate surface area is 191 Å². The Morgan fingerprint density at radius 2 is 2.03 bits per heavy atom. The number of nitrogens with one attached hydrogen (secondary N) is 2. The monoisotopic (exact) mass is 444 g/mol. The van der Waals surface area contributed by atoms with E-state index in [1.54, 1.807) is 24.4 Å². The van der Waals surface area contributed by atoms with E-state index >= 15 is 0 Å². The molecule has 33 heavy (non-hydrogen) atoms. The van der Waals surface area contributed by atoms with Crippen LogP contribution in [-0.2, 0) is 6.54 Å². The molecule has 2 aromatic carbocycles. The van der Waals surface area contributed by atoms with Gasteiger partial charge in [0.15, 0.2) is 0 Å². The lowest BCUT2D eigenvalue weighted by molar-refractivity contribution is 0.185. The minimum absolute atomic E-state index is 0.0626. The number of nitriles is 1. The summed E-state index contributed by atoms with van der Waals surface area (Å²) in [5.41, 5.74) is 4.68. The molecule has 0 radical (unpaired) electrons. The third kappa shape index (κ3) is 5.51. The zero-order valence-corrected chi connectivity index (χ0v) is 18.4. The molecule has 8 heteroatoms. The number of benzene rings is 2. The molecule has 1 saturated heterocycles. The molecule has 0 spiro atoms. The van der Waals surface area contributed by atoms with Crippen molar-refractivity contribution in [3.05, 3.63) is 81.4 Å². The first-order valence-corrected chi connectivity index (χ1v) is 10.9. The number of hydrogen-bond donors (Lipinski definition) is 2. The highest BCUT2D eigenvalue weighted by molar-refractivity contribution is 5.82. The summed E-state index contributed by atoms with van der Waals surface area (Å²) < 4.78 is 13.9. The van der Waals surface area contributed by atoms with E-state index < -0.39 is 5.56 Å². The fourth-order valence-corrected chi connectivity index (χ4v) is 3.90. The van der Waals surface area contributed by atoms with Gasteiger partial charge < -0.3 is 0 Å². The van der Waals surface area contributed by atoms with Gasteiger partial charge in [0.2, 0.25) is 5.95 Å². The summed E-state index contributed by atoms with van der Waals surface area (Å²) in [6.45, 7) is 4.89. The van der Waals surface area contributed by atoms with Crippen molar-refractivity contribution in [2.24, 2.45) is 11.0 Å². The summed E-state index contributed by atoms with van der Waals surface area (Å²) >= 11 is 0. The van der Waals surface area contributed by atoms with Gasteiger partial charge in [-0.05, 0) is 55.1 Å². The minimum atomic E-state index is -0.550.